The SMILES string of the molecule is COc1ccc(OC)c(NC(=O)COc2ccc(S(=O)(=O)N3CCc4ccccc43)cc2C)c1. The van der Waals surface area contributed by atoms with Crippen molar-refractivity contribution in [2.45, 2.75) is 18.2 Å². The monoisotopic (exact) mass is 482 g/mol. The van der Waals surface area contributed by atoms with Crippen LogP contribution >= 0.6 is 0 Å². The lowest BCUT2D eigenvalue weighted by Gasteiger charge is -2.20. The standard InChI is InChI=1S/C25H26N2O6S/c1-17-14-20(34(29,30)27-13-12-18-6-4-5-7-22(18)27)9-11-23(17)33-16-25(28)26-21-15-19(31-2)8-10-24(21)32-3/h4-11,14-15H,12-13,16H2,1-3H3,(H,26,28). The van der Waals surface area contributed by atoms with Gasteiger partial charge in [0.15, 0.2) is 6.61 Å². The Labute approximate surface area is 199 Å². The lowest BCUT2D eigenvalue weighted by atomic mass is 10.2. The van der Waals surface area contributed by atoms with Gasteiger partial charge in [0.2, 0.25) is 0 Å². The second kappa shape index (κ2) is 9.64. The molecule has 34 heavy (non-hydrogen) atoms. The average Bonchev–Trinajstić information content (AvgIpc) is 3.28. The van der Waals surface area contributed by atoms with Crippen molar-refractivity contribution in [1.29, 1.82) is 0 Å². The molecule has 0 spiro atoms. The fraction of sp³-hybridized carbons (Fsp3) is 0.240. The number of fused-ring (bicyclic) bond motifs is 1. The fourth-order valence-electron chi connectivity index (χ4n) is 3.87. The molecule has 0 unspecified atom stereocenters. The van der Waals surface area contributed by atoms with Gasteiger partial charge in [-0.3, -0.25) is 9.10 Å². The summed E-state index contributed by atoms with van der Waals surface area (Å²) in [5, 5.41) is 2.74. The Bertz CT molecular complexity index is 1320. The summed E-state index contributed by atoms with van der Waals surface area (Å²) in [7, 11) is -0.664. The smallest absolute Gasteiger partial charge is 0.264 e. The molecule has 3 aromatic carbocycles. The van der Waals surface area contributed by atoms with E-state index in [1.807, 2.05) is 24.3 Å². The number of methoxy groups -OCH3 is 2. The molecular weight excluding hydrogens is 456 g/mol. The van der Waals surface area contributed by atoms with Gasteiger partial charge in [-0.25, -0.2) is 8.42 Å². The highest BCUT2D eigenvalue weighted by Crippen LogP contribution is 2.34. The van der Waals surface area contributed by atoms with Crippen LogP contribution in [0.5, 0.6) is 17.2 Å². The van der Waals surface area contributed by atoms with Crippen LogP contribution in [-0.4, -0.2) is 41.7 Å². The van der Waals surface area contributed by atoms with Gasteiger partial charge >= 0.3 is 0 Å². The summed E-state index contributed by atoms with van der Waals surface area (Å²) >= 11 is 0. The molecule has 1 amide bonds. The summed E-state index contributed by atoms with van der Waals surface area (Å²) in [6, 6.07) is 17.2. The molecule has 1 heterocycles. The molecule has 4 rings (SSSR count). The van der Waals surface area contributed by atoms with Crippen LogP contribution in [0.4, 0.5) is 11.4 Å². The van der Waals surface area contributed by atoms with E-state index in [9.17, 15) is 13.2 Å². The predicted octanol–water partition coefficient (Wildman–Crippen LogP) is 3.78. The minimum atomic E-state index is -3.70. The van der Waals surface area contributed by atoms with Gasteiger partial charge in [0.25, 0.3) is 15.9 Å². The van der Waals surface area contributed by atoms with E-state index in [1.165, 1.54) is 24.6 Å². The van der Waals surface area contributed by atoms with Crippen LogP contribution in [0.15, 0.2) is 65.6 Å². The van der Waals surface area contributed by atoms with Crippen LogP contribution in [0.1, 0.15) is 11.1 Å². The normalized spacial score (nSPS) is 12.7. The number of rotatable bonds is 8. The zero-order valence-electron chi connectivity index (χ0n) is 19.2. The zero-order valence-corrected chi connectivity index (χ0v) is 20.0. The number of amides is 1. The molecule has 0 bridgehead atoms. The van der Waals surface area contributed by atoms with Crippen molar-refractivity contribution < 1.29 is 27.4 Å². The lowest BCUT2D eigenvalue weighted by Crippen LogP contribution is -2.29. The highest BCUT2D eigenvalue weighted by atomic mass is 32.2. The summed E-state index contributed by atoms with van der Waals surface area (Å²) in [4.78, 5) is 12.6. The first kappa shape index (κ1) is 23.4. The van der Waals surface area contributed by atoms with Gasteiger partial charge in [0.05, 0.1) is 30.5 Å². The molecule has 3 aromatic rings. The number of para-hydroxylation sites is 1. The zero-order chi connectivity index (χ0) is 24.3. The molecule has 178 valence electrons. The first-order valence-corrected chi connectivity index (χ1v) is 12.1. The van der Waals surface area contributed by atoms with Crippen LogP contribution in [0.3, 0.4) is 0 Å². The maximum Gasteiger partial charge on any atom is 0.264 e. The second-order valence-corrected chi connectivity index (χ2v) is 9.65. The highest BCUT2D eigenvalue weighted by molar-refractivity contribution is 7.92. The number of anilines is 2. The Kier molecular flexibility index (Phi) is 6.65. The van der Waals surface area contributed by atoms with Crippen molar-refractivity contribution >= 4 is 27.3 Å². The van der Waals surface area contributed by atoms with Crippen molar-refractivity contribution in [2.24, 2.45) is 0 Å². The van der Waals surface area contributed by atoms with Gasteiger partial charge in [0.1, 0.15) is 17.2 Å². The molecule has 0 fully saturated rings. The molecule has 0 atom stereocenters. The van der Waals surface area contributed by atoms with Crippen molar-refractivity contribution in [3.8, 4) is 17.2 Å². The fourth-order valence-corrected chi connectivity index (χ4v) is 5.46. The van der Waals surface area contributed by atoms with Gasteiger partial charge in [-0.05, 0) is 60.9 Å². The third-order valence-corrected chi connectivity index (χ3v) is 7.43. The van der Waals surface area contributed by atoms with Gasteiger partial charge in [-0.2, -0.15) is 0 Å². The number of nitrogens with one attached hydrogen (secondary N) is 1. The van der Waals surface area contributed by atoms with Crippen LogP contribution in [-0.2, 0) is 21.2 Å². The molecule has 1 aliphatic heterocycles. The van der Waals surface area contributed by atoms with Gasteiger partial charge < -0.3 is 19.5 Å². The quantitative estimate of drug-likeness (QED) is 0.525. The molecular formula is C25H26N2O6S. The molecule has 0 radical (unpaired) electrons. The Morgan fingerprint density at radius 1 is 1.00 bits per heavy atom. The Morgan fingerprint density at radius 3 is 2.50 bits per heavy atom. The lowest BCUT2D eigenvalue weighted by molar-refractivity contribution is -0.118. The van der Waals surface area contributed by atoms with Gasteiger partial charge in [0, 0.05) is 12.6 Å². The number of carbonyl (C=O) groups is 1. The summed E-state index contributed by atoms with van der Waals surface area (Å²) in [6.07, 6.45) is 0.683. The Morgan fingerprint density at radius 2 is 1.76 bits per heavy atom. The van der Waals surface area contributed by atoms with Gasteiger partial charge in [-0.15, -0.1) is 0 Å². The number of aryl methyl sites for hydroxylation is 1. The topological polar surface area (TPSA) is 94.2 Å². The van der Waals surface area contributed by atoms with E-state index in [-0.39, 0.29) is 11.5 Å². The third kappa shape index (κ3) is 4.65. The summed E-state index contributed by atoms with van der Waals surface area (Å²) in [5.41, 5.74) is 2.80. The molecule has 1 aliphatic rings. The summed E-state index contributed by atoms with van der Waals surface area (Å²) in [6.45, 7) is 1.90. The van der Waals surface area contributed by atoms with Crippen molar-refractivity contribution in [2.75, 3.05) is 37.0 Å². The number of nitrogens with zero attached hydrogens (tertiary/aromatic N) is 1. The van der Waals surface area contributed by atoms with Crippen LogP contribution in [0, 0.1) is 6.92 Å². The summed E-state index contributed by atoms with van der Waals surface area (Å²) < 4.78 is 44.0. The average molecular weight is 483 g/mol. The maximum atomic E-state index is 13.2. The molecule has 0 saturated heterocycles. The van der Waals surface area contributed by atoms with Crippen LogP contribution in [0.25, 0.3) is 0 Å². The number of hydrogen-bond donors (Lipinski definition) is 1. The Hall–Kier alpha value is -3.72. The number of ether oxygens (including phenoxy) is 3. The van der Waals surface area contributed by atoms with E-state index in [0.717, 1.165) is 5.56 Å². The molecule has 0 saturated carbocycles. The number of carbonyl (C=O) groups excluding carboxylic acids is 1. The van der Waals surface area contributed by atoms with Crippen molar-refractivity contribution in [3.05, 3.63) is 71.8 Å². The highest BCUT2D eigenvalue weighted by Gasteiger charge is 2.30. The van der Waals surface area contributed by atoms with E-state index in [2.05, 4.69) is 5.32 Å². The molecule has 8 nitrogen and oxygen atoms in total. The third-order valence-electron chi connectivity index (χ3n) is 5.62. The number of sulfonamides is 1. The van der Waals surface area contributed by atoms with E-state index in [0.29, 0.717) is 47.2 Å². The summed E-state index contributed by atoms with van der Waals surface area (Å²) in [5.74, 6) is 1.10. The number of benzene rings is 3. The first-order valence-electron chi connectivity index (χ1n) is 10.7. The van der Waals surface area contributed by atoms with E-state index in [4.69, 9.17) is 14.2 Å². The largest absolute Gasteiger partial charge is 0.497 e. The van der Waals surface area contributed by atoms with Crippen LogP contribution < -0.4 is 23.8 Å². The minimum Gasteiger partial charge on any atom is -0.497 e. The van der Waals surface area contributed by atoms with E-state index >= 15 is 0 Å². The van der Waals surface area contributed by atoms with Crippen LogP contribution in [0.2, 0.25) is 0 Å². The predicted molar refractivity (Wildman–Crippen MR) is 130 cm³/mol. The number of hydrogen-bond acceptors (Lipinski definition) is 6. The molecule has 9 heteroatoms. The Balaban J connectivity index is 1.45. The second-order valence-electron chi connectivity index (χ2n) is 7.79. The first-order chi connectivity index (χ1) is 16.3. The molecule has 0 aromatic heterocycles. The maximum absolute atomic E-state index is 13.2. The van der Waals surface area contributed by atoms with Crippen molar-refractivity contribution in [3.63, 3.8) is 0 Å². The van der Waals surface area contributed by atoms with E-state index in [1.54, 1.807) is 37.3 Å². The van der Waals surface area contributed by atoms with Crippen molar-refractivity contribution in [1.82, 2.24) is 0 Å². The molecule has 1 N–H and O–H groups in total. The molecule has 0 aliphatic carbocycles. The van der Waals surface area contributed by atoms with Gasteiger partial charge in [-0.1, -0.05) is 18.2 Å². The minimum absolute atomic E-state index is 0.180. The van der Waals surface area contributed by atoms with E-state index < -0.39 is 15.9 Å².